The Hall–Kier alpha value is -4.06. The highest BCUT2D eigenvalue weighted by Gasteiger charge is 2.69. The Balaban J connectivity index is 0.00000100. The molecule has 0 radical (unpaired) electrons. The van der Waals surface area contributed by atoms with Gasteiger partial charge in [0.05, 0.1) is 30.5 Å². The van der Waals surface area contributed by atoms with Crippen molar-refractivity contribution in [2.75, 3.05) is 13.6 Å². The van der Waals surface area contributed by atoms with Gasteiger partial charge in [0.1, 0.15) is 11.5 Å². The SMILES string of the molecule is C.Cc1ccc(CO)c2c1[C@]13CCN(C)[C@H](C)[C@]1(O)CC=C(OC(=O)C[C@H](OC(=O)C[C@H](O)C(=O)O)C(=O)O)[C@@H]3O2.O=CC(F)(F)F. The number of likely N-dealkylation sites (N-methyl/N-ethyl adjacent to an activating group) is 1. The highest BCUT2D eigenvalue weighted by atomic mass is 19.4. The van der Waals surface area contributed by atoms with Crippen LogP contribution in [0.1, 0.15) is 56.7 Å². The Labute approximate surface area is 267 Å². The first-order valence-electron chi connectivity index (χ1n) is 13.9. The van der Waals surface area contributed by atoms with E-state index in [0.29, 0.717) is 24.3 Å². The number of aldehydes is 1. The van der Waals surface area contributed by atoms with Crippen LogP contribution >= 0.6 is 0 Å². The average molecular weight is 678 g/mol. The first-order valence-corrected chi connectivity index (χ1v) is 13.9. The van der Waals surface area contributed by atoms with Crippen LogP contribution in [0.3, 0.4) is 0 Å². The Kier molecular flexibility index (Phi) is 12.3. The fraction of sp³-hybridized carbons (Fsp3) is 0.567. The van der Waals surface area contributed by atoms with Crippen LogP contribution in [0.15, 0.2) is 24.0 Å². The molecule has 1 fully saturated rings. The van der Waals surface area contributed by atoms with Crippen molar-refractivity contribution in [1.29, 1.82) is 0 Å². The van der Waals surface area contributed by atoms with Crippen LogP contribution in [0.4, 0.5) is 13.2 Å². The van der Waals surface area contributed by atoms with Gasteiger partial charge in [0, 0.05) is 23.6 Å². The molecule has 1 aromatic rings. The summed E-state index contributed by atoms with van der Waals surface area (Å²) in [6.45, 7) is 4.05. The van der Waals surface area contributed by atoms with E-state index >= 15 is 0 Å². The average Bonchev–Trinajstić information content (AvgIpc) is 3.34. The lowest BCUT2D eigenvalue weighted by atomic mass is 9.54. The number of ether oxygens (including phenoxy) is 3. The van der Waals surface area contributed by atoms with Crippen LogP contribution in [0.25, 0.3) is 0 Å². The van der Waals surface area contributed by atoms with Crippen molar-refractivity contribution in [3.63, 3.8) is 0 Å². The summed E-state index contributed by atoms with van der Waals surface area (Å²) < 4.78 is 47.9. The van der Waals surface area contributed by atoms with Gasteiger partial charge in [0.25, 0.3) is 0 Å². The first-order chi connectivity index (χ1) is 21.3. The van der Waals surface area contributed by atoms with Gasteiger partial charge < -0.3 is 44.6 Å². The monoisotopic (exact) mass is 677 g/mol. The molecule has 0 aromatic heterocycles. The number of likely N-dealkylation sites (tertiary alicyclic amines) is 1. The second-order valence-corrected chi connectivity index (χ2v) is 11.2. The van der Waals surface area contributed by atoms with E-state index in [1.165, 1.54) is 6.08 Å². The maximum Gasteiger partial charge on any atom is 0.446 e. The smallest absolute Gasteiger partial charge is 0.446 e. The number of halogens is 3. The summed E-state index contributed by atoms with van der Waals surface area (Å²) in [5.41, 5.74) is -0.319. The largest absolute Gasteiger partial charge is 0.481 e. The van der Waals surface area contributed by atoms with E-state index in [0.717, 1.165) is 11.1 Å². The summed E-state index contributed by atoms with van der Waals surface area (Å²) >= 11 is 0. The molecule has 0 saturated carbocycles. The van der Waals surface area contributed by atoms with Gasteiger partial charge in [0.2, 0.25) is 12.4 Å². The minimum Gasteiger partial charge on any atom is -0.481 e. The lowest BCUT2D eigenvalue weighted by Crippen LogP contribution is -2.71. The number of esters is 2. The van der Waals surface area contributed by atoms with Crippen LogP contribution in [-0.4, -0.2) is 110 Å². The Bertz CT molecular complexity index is 1410. The Morgan fingerprint density at radius 2 is 1.77 bits per heavy atom. The number of carbonyl (C=O) groups excluding carboxylic acids is 3. The highest BCUT2D eigenvalue weighted by molar-refractivity contribution is 5.85. The summed E-state index contributed by atoms with van der Waals surface area (Å²) in [5.74, 6) is -5.29. The molecule has 4 rings (SSSR count). The first kappa shape index (κ1) is 39.1. The number of rotatable bonds is 9. The molecule has 1 saturated heterocycles. The van der Waals surface area contributed by atoms with Crippen LogP contribution in [-0.2, 0) is 45.5 Å². The second kappa shape index (κ2) is 14.8. The molecule has 3 aliphatic rings. The molecule has 2 aliphatic heterocycles. The van der Waals surface area contributed by atoms with Gasteiger partial charge >= 0.3 is 30.1 Å². The zero-order chi connectivity index (χ0) is 34.8. The van der Waals surface area contributed by atoms with E-state index in [1.807, 2.05) is 31.9 Å². The second-order valence-electron chi connectivity index (χ2n) is 11.2. The van der Waals surface area contributed by atoms with Crippen molar-refractivity contribution in [2.24, 2.45) is 0 Å². The van der Waals surface area contributed by atoms with Crippen molar-refractivity contribution in [2.45, 2.75) is 95.1 Å². The minimum absolute atomic E-state index is 0. The van der Waals surface area contributed by atoms with E-state index in [-0.39, 0.29) is 32.3 Å². The van der Waals surface area contributed by atoms with Crippen molar-refractivity contribution < 1.29 is 76.9 Å². The van der Waals surface area contributed by atoms with E-state index in [9.17, 15) is 52.8 Å². The number of fused-ring (bicyclic) bond motifs is 1. The number of piperidine rings is 1. The molecule has 17 heteroatoms. The maximum atomic E-state index is 12.9. The lowest BCUT2D eigenvalue weighted by Gasteiger charge is -2.58. The number of aryl methyl sites for hydroxylation is 1. The van der Waals surface area contributed by atoms with Crippen molar-refractivity contribution in [3.8, 4) is 5.75 Å². The van der Waals surface area contributed by atoms with Gasteiger partial charge in [-0.1, -0.05) is 19.6 Å². The number of benzene rings is 1. The third-order valence-corrected chi connectivity index (χ3v) is 8.52. The minimum atomic E-state index is -4.64. The number of alkyl halides is 3. The molecule has 0 bridgehead atoms. The topological polar surface area (TPSA) is 217 Å². The molecule has 5 N–H and O–H groups in total. The molecule has 0 unspecified atom stereocenters. The third-order valence-electron chi connectivity index (χ3n) is 8.52. The van der Waals surface area contributed by atoms with E-state index in [1.54, 1.807) is 6.07 Å². The van der Waals surface area contributed by atoms with Crippen LogP contribution in [0, 0.1) is 6.92 Å². The summed E-state index contributed by atoms with van der Waals surface area (Å²) in [6, 6.07) is 3.24. The molecule has 0 amide bonds. The van der Waals surface area contributed by atoms with Crippen LogP contribution < -0.4 is 4.74 Å². The molecule has 1 aliphatic carbocycles. The van der Waals surface area contributed by atoms with E-state index in [2.05, 4.69) is 0 Å². The normalized spacial score (nSPS) is 25.8. The Morgan fingerprint density at radius 3 is 2.30 bits per heavy atom. The molecule has 14 nitrogen and oxygen atoms in total. The van der Waals surface area contributed by atoms with Gasteiger partial charge in [-0.25, -0.2) is 9.59 Å². The van der Waals surface area contributed by atoms with Crippen molar-refractivity contribution in [3.05, 3.63) is 40.7 Å². The van der Waals surface area contributed by atoms with Gasteiger partial charge in [-0.3, -0.25) is 14.4 Å². The number of carbonyl (C=O) groups is 5. The van der Waals surface area contributed by atoms with E-state index in [4.69, 9.17) is 24.1 Å². The molecular formula is C30H38F3NO13. The number of carboxylic acid groups (broad SMARTS) is 2. The molecule has 262 valence electrons. The molecule has 1 spiro atoms. The summed E-state index contributed by atoms with van der Waals surface area (Å²) in [6.07, 6.45) is -10.6. The Morgan fingerprint density at radius 1 is 1.15 bits per heavy atom. The molecule has 6 atom stereocenters. The summed E-state index contributed by atoms with van der Waals surface area (Å²) in [4.78, 5) is 58.0. The molecule has 47 heavy (non-hydrogen) atoms. The zero-order valence-corrected chi connectivity index (χ0v) is 24.9. The van der Waals surface area contributed by atoms with Crippen LogP contribution in [0.2, 0.25) is 0 Å². The molecule has 1 aromatic carbocycles. The van der Waals surface area contributed by atoms with E-state index < -0.39 is 78.5 Å². The highest BCUT2D eigenvalue weighted by Crippen LogP contribution is 2.61. The van der Waals surface area contributed by atoms with Gasteiger partial charge in [-0.2, -0.15) is 13.2 Å². The predicted octanol–water partition coefficient (Wildman–Crippen LogP) is 1.38. The number of hydrogen-bond donors (Lipinski definition) is 5. The number of hydrogen-bond acceptors (Lipinski definition) is 12. The molecular weight excluding hydrogens is 639 g/mol. The maximum absolute atomic E-state index is 12.9. The summed E-state index contributed by atoms with van der Waals surface area (Å²) in [7, 11) is 1.90. The number of carboxylic acids is 2. The number of aliphatic hydroxyl groups is 3. The molecule has 2 heterocycles. The number of aliphatic hydroxyl groups excluding tert-OH is 2. The lowest BCUT2D eigenvalue weighted by molar-refractivity contribution is -0.172. The number of aliphatic carboxylic acids is 2. The summed E-state index contributed by atoms with van der Waals surface area (Å²) in [5, 5.41) is 49.7. The van der Waals surface area contributed by atoms with Crippen LogP contribution in [0.5, 0.6) is 5.75 Å². The quantitative estimate of drug-likeness (QED) is 0.184. The van der Waals surface area contributed by atoms with Crippen molar-refractivity contribution >= 4 is 30.2 Å². The fourth-order valence-electron chi connectivity index (χ4n) is 6.15. The van der Waals surface area contributed by atoms with Gasteiger partial charge in [-0.05, 0) is 45.5 Å². The standard InChI is InChI=1S/C27H33NO12.C2HF3O.CH4/c1-13-4-5-15(12-29)22-21(13)26-8-9-28(3)14(2)27(26,37)7-6-17(23(26)40-22)38-20(32)11-18(25(35)36)39-19(31)10-16(30)24(33)34;3-2(4,5)1-6;/h4-6,14,16,18,23,29-30,37H,7-12H2,1-3H3,(H,33,34)(H,35,36);1H;1H4/t14-,16+,18+,23+,26+,27-;;/m1../s1. The van der Waals surface area contributed by atoms with Gasteiger partial charge in [0.15, 0.2) is 12.2 Å². The third kappa shape index (κ3) is 7.75. The fourth-order valence-corrected chi connectivity index (χ4v) is 6.15. The van der Waals surface area contributed by atoms with Crippen molar-refractivity contribution in [1.82, 2.24) is 4.90 Å². The zero-order valence-electron chi connectivity index (χ0n) is 24.9. The predicted molar refractivity (Wildman–Crippen MR) is 153 cm³/mol. The van der Waals surface area contributed by atoms with Gasteiger partial charge in [-0.15, -0.1) is 0 Å². The number of nitrogens with zero attached hydrogens (tertiary/aromatic N) is 1.